The first-order valence-corrected chi connectivity index (χ1v) is 6.68. The predicted molar refractivity (Wildman–Crippen MR) is 77.9 cm³/mol. The maximum Gasteiger partial charge on any atom is 0.416 e. The lowest BCUT2D eigenvalue weighted by Gasteiger charge is -2.13. The molecule has 22 heavy (non-hydrogen) atoms. The van der Waals surface area contributed by atoms with Gasteiger partial charge < -0.3 is 20.5 Å². The van der Waals surface area contributed by atoms with Gasteiger partial charge >= 0.3 is 6.18 Å². The molecule has 5 nitrogen and oxygen atoms in total. The van der Waals surface area contributed by atoms with Crippen LogP contribution in [0.4, 0.5) is 13.2 Å². The van der Waals surface area contributed by atoms with Crippen LogP contribution in [0.5, 0.6) is 5.75 Å². The number of hydrogen-bond donors (Lipinski definition) is 2. The third kappa shape index (κ3) is 6.66. The Labute approximate surface area is 127 Å². The summed E-state index contributed by atoms with van der Waals surface area (Å²) in [5.74, 6) is 0.614. The fraction of sp³-hybridized carbons (Fsp3) is 0.500. The van der Waals surface area contributed by atoms with Crippen molar-refractivity contribution in [2.75, 3.05) is 26.9 Å². The van der Waals surface area contributed by atoms with Crippen LogP contribution in [0.3, 0.4) is 0 Å². The molecule has 124 valence electrons. The topological polar surface area (TPSA) is 68.9 Å². The van der Waals surface area contributed by atoms with E-state index < -0.39 is 11.7 Å². The molecule has 1 aromatic rings. The maximum atomic E-state index is 12.4. The molecule has 0 saturated carbocycles. The Bertz CT molecular complexity index is 475. The van der Waals surface area contributed by atoms with Crippen LogP contribution in [0.25, 0.3) is 0 Å². The van der Waals surface area contributed by atoms with E-state index in [4.69, 9.17) is 15.2 Å². The van der Waals surface area contributed by atoms with Gasteiger partial charge in [0.1, 0.15) is 12.4 Å². The average Bonchev–Trinajstić information content (AvgIpc) is 2.43. The Morgan fingerprint density at radius 1 is 1.32 bits per heavy atom. The lowest BCUT2D eigenvalue weighted by atomic mass is 10.2. The van der Waals surface area contributed by atoms with Gasteiger partial charge in [0.05, 0.1) is 18.7 Å². The van der Waals surface area contributed by atoms with E-state index in [0.29, 0.717) is 18.9 Å². The molecule has 1 aromatic carbocycles. The van der Waals surface area contributed by atoms with Crippen molar-refractivity contribution in [3.63, 3.8) is 0 Å². The molecule has 0 aromatic heterocycles. The number of benzene rings is 1. The monoisotopic (exact) mass is 319 g/mol. The summed E-state index contributed by atoms with van der Waals surface area (Å²) in [6.45, 7) is 2.90. The lowest BCUT2D eigenvalue weighted by molar-refractivity contribution is -0.137. The normalized spacial score (nSPS) is 13.8. The van der Waals surface area contributed by atoms with Gasteiger partial charge in [-0.1, -0.05) is 0 Å². The number of guanidine groups is 1. The Kier molecular flexibility index (Phi) is 6.97. The Morgan fingerprint density at radius 3 is 2.50 bits per heavy atom. The highest BCUT2D eigenvalue weighted by atomic mass is 19.4. The van der Waals surface area contributed by atoms with Crippen molar-refractivity contribution in [2.24, 2.45) is 10.7 Å². The van der Waals surface area contributed by atoms with E-state index in [9.17, 15) is 13.2 Å². The minimum absolute atomic E-state index is 0.0320. The second kappa shape index (κ2) is 8.47. The molecule has 1 unspecified atom stereocenters. The molecule has 0 aliphatic rings. The molecule has 0 bridgehead atoms. The minimum Gasteiger partial charge on any atom is -0.492 e. The van der Waals surface area contributed by atoms with Crippen LogP contribution in [0.1, 0.15) is 12.5 Å². The number of ether oxygens (including phenoxy) is 2. The van der Waals surface area contributed by atoms with Crippen LogP contribution < -0.4 is 15.8 Å². The number of halogens is 3. The zero-order valence-electron chi connectivity index (χ0n) is 12.5. The van der Waals surface area contributed by atoms with Crippen molar-refractivity contribution in [3.05, 3.63) is 29.8 Å². The number of methoxy groups -OCH3 is 1. The number of nitrogens with zero attached hydrogens (tertiary/aromatic N) is 1. The van der Waals surface area contributed by atoms with Gasteiger partial charge in [-0.05, 0) is 31.2 Å². The van der Waals surface area contributed by atoms with E-state index in [1.54, 1.807) is 7.11 Å². The molecule has 3 N–H and O–H groups in total. The molecular formula is C14H20F3N3O2. The summed E-state index contributed by atoms with van der Waals surface area (Å²) in [6.07, 6.45) is -4.35. The van der Waals surface area contributed by atoms with Crippen LogP contribution in [0, 0.1) is 0 Å². The van der Waals surface area contributed by atoms with Crippen molar-refractivity contribution in [2.45, 2.75) is 19.1 Å². The number of aliphatic imine (C=N–C) groups is 1. The highest BCUT2D eigenvalue weighted by molar-refractivity contribution is 5.78. The molecule has 0 fully saturated rings. The van der Waals surface area contributed by atoms with E-state index in [1.807, 2.05) is 6.92 Å². The van der Waals surface area contributed by atoms with Crippen LogP contribution in [-0.4, -0.2) is 38.9 Å². The Balaban J connectivity index is 2.35. The quantitative estimate of drug-likeness (QED) is 0.458. The summed E-state index contributed by atoms with van der Waals surface area (Å²) in [6, 6.07) is 4.52. The highest BCUT2D eigenvalue weighted by Crippen LogP contribution is 2.30. The van der Waals surface area contributed by atoms with E-state index in [-0.39, 0.29) is 18.6 Å². The number of hydrogen-bond acceptors (Lipinski definition) is 3. The van der Waals surface area contributed by atoms with Gasteiger partial charge in [-0.25, -0.2) is 4.99 Å². The maximum absolute atomic E-state index is 12.4. The molecular weight excluding hydrogens is 299 g/mol. The van der Waals surface area contributed by atoms with Gasteiger partial charge in [-0.2, -0.15) is 13.2 Å². The average molecular weight is 319 g/mol. The van der Waals surface area contributed by atoms with Gasteiger partial charge in [-0.3, -0.25) is 0 Å². The molecule has 0 radical (unpaired) electrons. The lowest BCUT2D eigenvalue weighted by Crippen LogP contribution is -2.40. The molecule has 0 spiro atoms. The largest absolute Gasteiger partial charge is 0.492 e. The van der Waals surface area contributed by atoms with Crippen molar-refractivity contribution >= 4 is 5.96 Å². The molecule has 1 atom stereocenters. The van der Waals surface area contributed by atoms with Crippen LogP contribution >= 0.6 is 0 Å². The standard InChI is InChI=1S/C14H20F3N3O2/c1-10(9-21-2)20-13(18)19-7-8-22-12-5-3-11(4-6-12)14(15,16)17/h3-6,10H,7-9H2,1-2H3,(H3,18,19,20). The van der Waals surface area contributed by atoms with Gasteiger partial charge in [0.15, 0.2) is 5.96 Å². The molecule has 8 heteroatoms. The smallest absolute Gasteiger partial charge is 0.416 e. The molecule has 0 heterocycles. The van der Waals surface area contributed by atoms with Crippen LogP contribution in [0.2, 0.25) is 0 Å². The summed E-state index contributed by atoms with van der Waals surface area (Å²) >= 11 is 0. The van der Waals surface area contributed by atoms with E-state index in [0.717, 1.165) is 12.1 Å². The SMILES string of the molecule is COCC(C)NC(N)=NCCOc1ccc(C(F)(F)F)cc1. The van der Waals surface area contributed by atoms with Crippen molar-refractivity contribution in [1.82, 2.24) is 5.32 Å². The third-order valence-corrected chi connectivity index (χ3v) is 2.63. The van der Waals surface area contributed by atoms with Crippen molar-refractivity contribution in [3.8, 4) is 5.75 Å². The molecule has 0 aliphatic carbocycles. The van der Waals surface area contributed by atoms with Crippen molar-refractivity contribution in [1.29, 1.82) is 0 Å². The molecule has 1 rings (SSSR count). The molecule has 0 amide bonds. The fourth-order valence-corrected chi connectivity index (χ4v) is 1.66. The highest BCUT2D eigenvalue weighted by Gasteiger charge is 2.29. The fourth-order valence-electron chi connectivity index (χ4n) is 1.66. The van der Waals surface area contributed by atoms with Gasteiger partial charge in [0.2, 0.25) is 0 Å². The summed E-state index contributed by atoms with van der Waals surface area (Å²) < 4.78 is 47.4. The Morgan fingerprint density at radius 2 is 1.95 bits per heavy atom. The number of nitrogens with one attached hydrogen (secondary N) is 1. The second-order valence-corrected chi connectivity index (χ2v) is 4.64. The summed E-state index contributed by atoms with van der Waals surface area (Å²) in [5.41, 5.74) is 4.95. The van der Waals surface area contributed by atoms with Gasteiger partial charge in [0, 0.05) is 13.2 Å². The third-order valence-electron chi connectivity index (χ3n) is 2.63. The first-order valence-electron chi connectivity index (χ1n) is 6.68. The number of alkyl halides is 3. The number of rotatable bonds is 7. The molecule has 0 saturated heterocycles. The first-order chi connectivity index (χ1) is 10.3. The zero-order valence-corrected chi connectivity index (χ0v) is 12.5. The van der Waals surface area contributed by atoms with E-state index in [1.165, 1.54) is 12.1 Å². The zero-order chi connectivity index (χ0) is 16.6. The molecule has 0 aliphatic heterocycles. The second-order valence-electron chi connectivity index (χ2n) is 4.64. The van der Waals surface area contributed by atoms with Crippen LogP contribution in [0.15, 0.2) is 29.3 Å². The van der Waals surface area contributed by atoms with E-state index in [2.05, 4.69) is 10.3 Å². The Hall–Kier alpha value is -1.96. The summed E-state index contributed by atoms with van der Waals surface area (Å²) in [5, 5.41) is 2.93. The summed E-state index contributed by atoms with van der Waals surface area (Å²) in [7, 11) is 1.59. The van der Waals surface area contributed by atoms with Crippen LogP contribution in [-0.2, 0) is 10.9 Å². The van der Waals surface area contributed by atoms with Crippen molar-refractivity contribution < 1.29 is 22.6 Å². The van der Waals surface area contributed by atoms with Gasteiger partial charge in [0.25, 0.3) is 0 Å². The minimum atomic E-state index is -4.35. The van der Waals surface area contributed by atoms with E-state index >= 15 is 0 Å². The van der Waals surface area contributed by atoms with Gasteiger partial charge in [-0.15, -0.1) is 0 Å². The number of nitrogens with two attached hydrogens (primary N) is 1. The first kappa shape index (κ1) is 18.1. The predicted octanol–water partition coefficient (Wildman–Crippen LogP) is 2.02. The summed E-state index contributed by atoms with van der Waals surface area (Å²) in [4.78, 5) is 4.04.